The predicted octanol–water partition coefficient (Wildman–Crippen LogP) is 6.21. The molecule has 5 rings (SSSR count). The average Bonchev–Trinajstić information content (AvgIpc) is 2.74. The Morgan fingerprint density at radius 3 is 2.50 bits per heavy atom. The molecule has 2 aromatic carbocycles. The summed E-state index contributed by atoms with van der Waals surface area (Å²) >= 11 is 0. The van der Waals surface area contributed by atoms with Crippen LogP contribution in [0.4, 0.5) is 14.5 Å². The Kier molecular flexibility index (Phi) is 4.76. The number of nitrogens with zero attached hydrogens (tertiary/aromatic N) is 1. The van der Waals surface area contributed by atoms with E-state index in [1.807, 2.05) is 6.07 Å². The maximum Gasteiger partial charge on any atom is 0.228 e. The summed E-state index contributed by atoms with van der Waals surface area (Å²) in [5, 5.41) is 3.68. The van der Waals surface area contributed by atoms with Crippen LogP contribution in [0.25, 0.3) is 10.9 Å². The normalized spacial score (nSPS) is 25.8. The molecular formula is C25H24F2N2O. The van der Waals surface area contributed by atoms with Crippen LogP contribution in [0.1, 0.15) is 50.0 Å². The quantitative estimate of drug-likeness (QED) is 0.562. The molecule has 30 heavy (non-hydrogen) atoms. The summed E-state index contributed by atoms with van der Waals surface area (Å²) in [6.45, 7) is 0. The van der Waals surface area contributed by atoms with Gasteiger partial charge in [0.25, 0.3) is 0 Å². The Morgan fingerprint density at radius 1 is 1.00 bits per heavy atom. The van der Waals surface area contributed by atoms with Gasteiger partial charge >= 0.3 is 0 Å². The zero-order chi connectivity index (χ0) is 20.7. The minimum atomic E-state index is -0.403. The summed E-state index contributed by atoms with van der Waals surface area (Å²) < 4.78 is 27.7. The molecule has 3 nitrogen and oxygen atoms in total. The monoisotopic (exact) mass is 406 g/mol. The second-order valence-electron chi connectivity index (χ2n) is 8.76. The van der Waals surface area contributed by atoms with Crippen molar-refractivity contribution in [3.63, 3.8) is 0 Å². The fourth-order valence-corrected chi connectivity index (χ4v) is 5.49. The zero-order valence-corrected chi connectivity index (χ0v) is 16.7. The lowest BCUT2D eigenvalue weighted by Crippen LogP contribution is -2.48. The maximum atomic E-state index is 13.9. The van der Waals surface area contributed by atoms with E-state index >= 15 is 0 Å². The van der Waals surface area contributed by atoms with E-state index in [1.165, 1.54) is 12.1 Å². The van der Waals surface area contributed by atoms with Crippen LogP contribution in [-0.2, 0) is 4.79 Å². The number of aromatic nitrogens is 1. The Labute approximate surface area is 174 Å². The molecule has 1 heterocycles. The lowest BCUT2D eigenvalue weighted by atomic mass is 9.52. The zero-order valence-electron chi connectivity index (χ0n) is 16.7. The molecule has 1 amide bonds. The molecule has 1 spiro atoms. The van der Waals surface area contributed by atoms with Crippen molar-refractivity contribution in [3.05, 3.63) is 71.9 Å². The average molecular weight is 406 g/mol. The number of fused-ring (bicyclic) bond motifs is 1. The lowest BCUT2D eigenvalue weighted by Gasteiger charge is -2.52. The number of amides is 1. The summed E-state index contributed by atoms with van der Waals surface area (Å²) in [5.74, 6) is -0.433. The van der Waals surface area contributed by atoms with Crippen molar-refractivity contribution in [2.45, 2.75) is 44.4 Å². The third kappa shape index (κ3) is 3.26. The van der Waals surface area contributed by atoms with Crippen molar-refractivity contribution in [2.75, 3.05) is 5.32 Å². The maximum absolute atomic E-state index is 13.9. The molecule has 2 aliphatic carbocycles. The van der Waals surface area contributed by atoms with E-state index in [2.05, 4.69) is 10.3 Å². The summed E-state index contributed by atoms with van der Waals surface area (Å²) in [6, 6.07) is 13.1. The minimum Gasteiger partial charge on any atom is -0.323 e. The molecule has 0 aliphatic heterocycles. The van der Waals surface area contributed by atoms with Gasteiger partial charge in [0.05, 0.1) is 11.2 Å². The fourth-order valence-electron chi connectivity index (χ4n) is 5.49. The number of rotatable bonds is 3. The second-order valence-corrected chi connectivity index (χ2v) is 8.76. The largest absolute Gasteiger partial charge is 0.323 e. The van der Waals surface area contributed by atoms with Crippen molar-refractivity contribution in [1.29, 1.82) is 0 Å². The van der Waals surface area contributed by atoms with Gasteiger partial charge in [0, 0.05) is 17.5 Å². The van der Waals surface area contributed by atoms with Gasteiger partial charge < -0.3 is 5.32 Å². The van der Waals surface area contributed by atoms with E-state index < -0.39 is 5.82 Å². The number of hydrogen-bond donors (Lipinski definition) is 1. The molecule has 3 aromatic rings. The topological polar surface area (TPSA) is 42.0 Å². The van der Waals surface area contributed by atoms with Gasteiger partial charge in [-0.25, -0.2) is 8.78 Å². The van der Waals surface area contributed by atoms with Gasteiger partial charge in [0.1, 0.15) is 11.6 Å². The highest BCUT2D eigenvalue weighted by molar-refractivity contribution is 5.93. The van der Waals surface area contributed by atoms with Crippen LogP contribution in [-0.4, -0.2) is 10.9 Å². The molecule has 0 bridgehead atoms. The van der Waals surface area contributed by atoms with Crippen LogP contribution in [0.2, 0.25) is 0 Å². The van der Waals surface area contributed by atoms with Gasteiger partial charge in [-0.2, -0.15) is 0 Å². The highest BCUT2D eigenvalue weighted by Gasteiger charge is 2.51. The number of anilines is 1. The first-order valence-corrected chi connectivity index (χ1v) is 10.7. The van der Waals surface area contributed by atoms with E-state index in [-0.39, 0.29) is 28.7 Å². The highest BCUT2D eigenvalue weighted by atomic mass is 19.1. The van der Waals surface area contributed by atoms with Crippen LogP contribution in [0, 0.1) is 23.0 Å². The molecule has 1 atom stereocenters. The van der Waals surface area contributed by atoms with Crippen molar-refractivity contribution in [2.24, 2.45) is 11.3 Å². The summed E-state index contributed by atoms with van der Waals surface area (Å²) in [4.78, 5) is 17.2. The summed E-state index contributed by atoms with van der Waals surface area (Å²) in [6.07, 6.45) is 7.57. The van der Waals surface area contributed by atoms with Crippen molar-refractivity contribution >= 4 is 22.5 Å². The van der Waals surface area contributed by atoms with Gasteiger partial charge in [0.15, 0.2) is 0 Å². The number of pyridine rings is 1. The molecule has 0 unspecified atom stereocenters. The molecule has 5 heteroatoms. The first-order valence-electron chi connectivity index (χ1n) is 10.7. The summed E-state index contributed by atoms with van der Waals surface area (Å²) in [7, 11) is 0. The van der Waals surface area contributed by atoms with E-state index in [0.717, 1.165) is 55.0 Å². The standard InChI is InChI=1S/C25H24F2N2O/c26-17-5-6-22-19(15-17)18(10-14-28-22)16-7-11-25(12-8-16)13-9-20(25)24(30)29-23-4-2-1-3-21(23)27/h1-6,10,14-16,20H,7-9,11-13H2,(H,29,30)/t16?,20-,25?/m1/s1. The van der Waals surface area contributed by atoms with Crippen molar-refractivity contribution < 1.29 is 13.6 Å². The Balaban J connectivity index is 1.30. The molecule has 2 aliphatic rings. The van der Waals surface area contributed by atoms with E-state index in [9.17, 15) is 13.6 Å². The van der Waals surface area contributed by atoms with Gasteiger partial charge in [-0.15, -0.1) is 0 Å². The van der Waals surface area contributed by atoms with Crippen molar-refractivity contribution in [1.82, 2.24) is 4.98 Å². The van der Waals surface area contributed by atoms with Gasteiger partial charge in [-0.05, 0) is 91.8 Å². The fraction of sp³-hybridized carbons (Fsp3) is 0.360. The number of halogens is 2. The molecular weight excluding hydrogens is 382 g/mol. The Bertz CT molecular complexity index is 1110. The number of carbonyl (C=O) groups is 1. The van der Waals surface area contributed by atoms with Crippen LogP contribution in [0.15, 0.2) is 54.7 Å². The SMILES string of the molecule is O=C(Nc1ccccc1F)[C@H]1CCC12CCC(c1ccnc3ccc(F)cc13)CC2. The molecule has 2 saturated carbocycles. The summed E-state index contributed by atoms with van der Waals surface area (Å²) in [5.41, 5.74) is 2.24. The van der Waals surface area contributed by atoms with Crippen LogP contribution >= 0.6 is 0 Å². The van der Waals surface area contributed by atoms with Gasteiger partial charge in [-0.3, -0.25) is 9.78 Å². The Hall–Kier alpha value is -2.82. The Morgan fingerprint density at radius 2 is 1.77 bits per heavy atom. The smallest absolute Gasteiger partial charge is 0.228 e. The van der Waals surface area contributed by atoms with Crippen LogP contribution in [0.3, 0.4) is 0 Å². The first-order chi connectivity index (χ1) is 14.6. The molecule has 1 N–H and O–H groups in total. The van der Waals surface area contributed by atoms with Gasteiger partial charge in [-0.1, -0.05) is 12.1 Å². The number of para-hydroxylation sites is 1. The third-order valence-electron chi connectivity index (χ3n) is 7.28. The predicted molar refractivity (Wildman–Crippen MR) is 113 cm³/mol. The molecule has 154 valence electrons. The van der Waals surface area contributed by atoms with Crippen LogP contribution < -0.4 is 5.32 Å². The number of benzene rings is 2. The molecule has 0 saturated heterocycles. The third-order valence-corrected chi connectivity index (χ3v) is 7.28. The van der Waals surface area contributed by atoms with E-state index in [4.69, 9.17) is 0 Å². The molecule has 0 radical (unpaired) electrons. The first kappa shape index (κ1) is 19.2. The number of hydrogen-bond acceptors (Lipinski definition) is 2. The molecule has 2 fully saturated rings. The number of carbonyl (C=O) groups excluding carboxylic acids is 1. The highest BCUT2D eigenvalue weighted by Crippen LogP contribution is 2.58. The van der Waals surface area contributed by atoms with Crippen LogP contribution in [0.5, 0.6) is 0 Å². The van der Waals surface area contributed by atoms with E-state index in [0.29, 0.717) is 5.92 Å². The number of nitrogens with one attached hydrogen (secondary N) is 1. The van der Waals surface area contributed by atoms with Gasteiger partial charge in [0.2, 0.25) is 5.91 Å². The molecule has 1 aromatic heterocycles. The van der Waals surface area contributed by atoms with E-state index in [1.54, 1.807) is 36.5 Å². The lowest BCUT2D eigenvalue weighted by molar-refractivity contribution is -0.133. The second kappa shape index (κ2) is 7.46. The minimum absolute atomic E-state index is 0.0138. The van der Waals surface area contributed by atoms with Crippen molar-refractivity contribution in [3.8, 4) is 0 Å².